The topological polar surface area (TPSA) is 55.1 Å². The van der Waals surface area contributed by atoms with E-state index in [0.29, 0.717) is 11.6 Å². The molecular formula is C23H27N5O. The zero-order chi connectivity index (χ0) is 20.2. The number of hydrogen-bond acceptors (Lipinski definition) is 3. The highest BCUT2D eigenvalue weighted by Crippen LogP contribution is 2.43. The number of nitrogens with one attached hydrogen (secondary N) is 1. The van der Waals surface area contributed by atoms with Crippen LogP contribution >= 0.6 is 0 Å². The van der Waals surface area contributed by atoms with Crippen molar-refractivity contribution in [3.8, 4) is 5.69 Å². The van der Waals surface area contributed by atoms with Crippen LogP contribution in [0.2, 0.25) is 0 Å². The molecule has 6 heteroatoms. The lowest BCUT2D eigenvalue weighted by Gasteiger charge is -2.46. The number of nitrogens with zero attached hydrogens (tertiary/aromatic N) is 4. The molecule has 0 saturated carbocycles. The van der Waals surface area contributed by atoms with Gasteiger partial charge in [-0.2, -0.15) is 5.10 Å². The van der Waals surface area contributed by atoms with Crippen LogP contribution in [0.5, 0.6) is 0 Å². The van der Waals surface area contributed by atoms with Gasteiger partial charge in [-0.25, -0.2) is 0 Å². The number of carbonyl (C=O) groups excluding carboxylic acids is 1. The fraction of sp³-hybridized carbons (Fsp3) is 0.391. The fourth-order valence-electron chi connectivity index (χ4n) is 4.70. The van der Waals surface area contributed by atoms with Crippen LogP contribution in [-0.4, -0.2) is 38.2 Å². The lowest BCUT2D eigenvalue weighted by atomic mass is 9.82. The monoisotopic (exact) mass is 389 g/mol. The normalized spacial score (nSPS) is 17.2. The summed E-state index contributed by atoms with van der Waals surface area (Å²) in [6.07, 6.45) is 3.90. The Bertz CT molecular complexity index is 1070. The summed E-state index contributed by atoms with van der Waals surface area (Å²) in [4.78, 5) is 15.1. The van der Waals surface area contributed by atoms with Crippen LogP contribution in [0.25, 0.3) is 5.69 Å². The van der Waals surface area contributed by atoms with Gasteiger partial charge in [-0.1, -0.05) is 26.0 Å². The Morgan fingerprint density at radius 1 is 1.14 bits per heavy atom. The van der Waals surface area contributed by atoms with Gasteiger partial charge >= 0.3 is 0 Å². The van der Waals surface area contributed by atoms with Gasteiger partial charge in [-0.15, -0.1) is 0 Å². The van der Waals surface area contributed by atoms with E-state index in [1.807, 2.05) is 18.0 Å². The number of carbonyl (C=O) groups is 1. The predicted molar refractivity (Wildman–Crippen MR) is 114 cm³/mol. The van der Waals surface area contributed by atoms with E-state index in [1.54, 1.807) is 4.68 Å². The van der Waals surface area contributed by atoms with Gasteiger partial charge in [-0.3, -0.25) is 9.48 Å². The highest BCUT2D eigenvalue weighted by molar-refractivity contribution is 5.92. The number of para-hydroxylation sites is 2. The summed E-state index contributed by atoms with van der Waals surface area (Å²) in [6, 6.07) is 14.7. The highest BCUT2D eigenvalue weighted by Gasteiger charge is 2.42. The third-order valence-electron chi connectivity index (χ3n) is 6.39. The summed E-state index contributed by atoms with van der Waals surface area (Å²) >= 11 is 0. The Kier molecular flexibility index (Phi) is 4.05. The van der Waals surface area contributed by atoms with Crippen molar-refractivity contribution in [1.82, 2.24) is 19.2 Å². The van der Waals surface area contributed by atoms with Crippen LogP contribution < -0.4 is 5.32 Å². The third-order valence-corrected chi connectivity index (χ3v) is 6.39. The summed E-state index contributed by atoms with van der Waals surface area (Å²) in [5.41, 5.74) is 5.13. The van der Waals surface area contributed by atoms with E-state index in [1.165, 1.54) is 11.4 Å². The Morgan fingerprint density at radius 3 is 2.62 bits per heavy atom. The molecule has 1 amide bonds. The van der Waals surface area contributed by atoms with Crippen molar-refractivity contribution in [3.05, 3.63) is 65.7 Å². The summed E-state index contributed by atoms with van der Waals surface area (Å²) in [5, 5.41) is 8.32. The molecule has 29 heavy (non-hydrogen) atoms. The van der Waals surface area contributed by atoms with Crippen molar-refractivity contribution >= 4 is 11.6 Å². The average molecular weight is 390 g/mol. The molecule has 1 N–H and O–H groups in total. The number of aryl methyl sites for hydroxylation is 1. The zero-order valence-corrected chi connectivity index (χ0v) is 17.2. The molecule has 2 aromatic heterocycles. The van der Waals surface area contributed by atoms with Gasteiger partial charge in [0.2, 0.25) is 0 Å². The van der Waals surface area contributed by atoms with Gasteiger partial charge in [0.05, 0.1) is 22.6 Å². The molecule has 1 aromatic carbocycles. The average Bonchev–Trinajstić information content (AvgIpc) is 3.36. The van der Waals surface area contributed by atoms with Gasteiger partial charge in [-0.05, 0) is 49.1 Å². The molecule has 1 saturated heterocycles. The number of amides is 1. The largest absolute Gasteiger partial charge is 0.372 e. The molecule has 6 nitrogen and oxygen atoms in total. The third kappa shape index (κ3) is 2.77. The molecule has 3 aromatic rings. The first kappa shape index (κ1) is 18.0. The second-order valence-electron chi connectivity index (χ2n) is 8.51. The minimum atomic E-state index is -0.135. The summed E-state index contributed by atoms with van der Waals surface area (Å²) in [7, 11) is 1.86. The molecule has 0 unspecified atom stereocenters. The van der Waals surface area contributed by atoms with Crippen molar-refractivity contribution < 1.29 is 4.79 Å². The first-order valence-electron chi connectivity index (χ1n) is 10.4. The van der Waals surface area contributed by atoms with E-state index in [9.17, 15) is 4.79 Å². The van der Waals surface area contributed by atoms with Crippen molar-refractivity contribution in [2.75, 3.05) is 18.4 Å². The van der Waals surface area contributed by atoms with E-state index < -0.39 is 0 Å². The van der Waals surface area contributed by atoms with Crippen LogP contribution in [-0.2, 0) is 12.6 Å². The van der Waals surface area contributed by atoms with Gasteiger partial charge in [0, 0.05) is 32.0 Å². The summed E-state index contributed by atoms with van der Waals surface area (Å²) < 4.78 is 4.02. The van der Waals surface area contributed by atoms with Crippen LogP contribution in [0.15, 0.2) is 48.7 Å². The zero-order valence-electron chi connectivity index (χ0n) is 17.2. The van der Waals surface area contributed by atoms with E-state index in [2.05, 4.69) is 71.4 Å². The van der Waals surface area contributed by atoms with Gasteiger partial charge < -0.3 is 14.8 Å². The molecule has 0 radical (unpaired) electrons. The van der Waals surface area contributed by atoms with Crippen molar-refractivity contribution in [2.45, 2.75) is 38.1 Å². The number of benzene rings is 1. The van der Waals surface area contributed by atoms with Crippen LogP contribution in [0.3, 0.4) is 0 Å². The maximum Gasteiger partial charge on any atom is 0.272 e. The number of fused-ring (bicyclic) bond motifs is 4. The quantitative estimate of drug-likeness (QED) is 0.723. The van der Waals surface area contributed by atoms with Gasteiger partial charge in [0.1, 0.15) is 5.69 Å². The molecule has 5 rings (SSSR count). The molecule has 150 valence electrons. The fourth-order valence-corrected chi connectivity index (χ4v) is 4.70. The number of anilines is 1. The first-order valence-corrected chi connectivity index (χ1v) is 10.4. The smallest absolute Gasteiger partial charge is 0.272 e. The predicted octanol–water partition coefficient (Wildman–Crippen LogP) is 3.89. The van der Waals surface area contributed by atoms with Gasteiger partial charge in [0.15, 0.2) is 0 Å². The van der Waals surface area contributed by atoms with Crippen molar-refractivity contribution in [2.24, 2.45) is 7.05 Å². The van der Waals surface area contributed by atoms with Gasteiger partial charge in [0.25, 0.3) is 5.91 Å². The maximum atomic E-state index is 13.2. The highest BCUT2D eigenvalue weighted by atomic mass is 16.2. The number of hydrogen-bond donors (Lipinski definition) is 1. The Morgan fingerprint density at radius 2 is 1.90 bits per heavy atom. The number of rotatable bonds is 2. The van der Waals surface area contributed by atoms with Crippen LogP contribution in [0.1, 0.15) is 54.5 Å². The Hall–Kier alpha value is -3.02. The molecule has 0 atom stereocenters. The van der Waals surface area contributed by atoms with Crippen LogP contribution in [0, 0.1) is 0 Å². The minimum absolute atomic E-state index is 0.0772. The molecule has 1 fully saturated rings. The second-order valence-corrected chi connectivity index (χ2v) is 8.51. The minimum Gasteiger partial charge on any atom is -0.372 e. The summed E-state index contributed by atoms with van der Waals surface area (Å²) in [6.45, 7) is 5.65. The first-order chi connectivity index (χ1) is 14.0. The van der Waals surface area contributed by atoms with Crippen LogP contribution in [0.4, 0.5) is 5.69 Å². The molecular weight excluding hydrogens is 362 g/mol. The molecule has 0 bridgehead atoms. The lowest BCUT2D eigenvalue weighted by molar-refractivity contribution is 0.0665. The van der Waals surface area contributed by atoms with E-state index in [4.69, 9.17) is 0 Å². The lowest BCUT2D eigenvalue weighted by Crippen LogP contribution is -2.51. The Labute approximate surface area is 171 Å². The Balaban J connectivity index is 1.39. The van der Waals surface area contributed by atoms with Crippen molar-refractivity contribution in [3.63, 3.8) is 0 Å². The maximum absolute atomic E-state index is 13.2. The molecule has 2 aliphatic heterocycles. The second kappa shape index (κ2) is 6.51. The number of likely N-dealkylation sites (tertiary alicyclic amines) is 1. The standard InChI is InChI=1S/C23H27N5O/c1-16(2)18-15-20(26(3)25-18)22(29)27-13-10-23(11-14-27)21-9-6-12-28(21)19-8-5-4-7-17(19)24-23/h4-9,12,15-16,24H,10-11,13-14H2,1-3H3. The van der Waals surface area contributed by atoms with Crippen molar-refractivity contribution in [1.29, 1.82) is 0 Å². The SMILES string of the molecule is CC(C)c1cc(C(=O)N2CCC3(CC2)Nc2ccccc2-n2cccc23)n(C)n1. The molecule has 4 heterocycles. The molecule has 2 aliphatic rings. The van der Waals surface area contributed by atoms with E-state index in [-0.39, 0.29) is 11.4 Å². The van der Waals surface area contributed by atoms with E-state index in [0.717, 1.165) is 37.3 Å². The van der Waals surface area contributed by atoms with E-state index >= 15 is 0 Å². The molecule has 1 spiro atoms. The number of piperidine rings is 1. The number of aromatic nitrogens is 3. The molecule has 0 aliphatic carbocycles. The summed E-state index contributed by atoms with van der Waals surface area (Å²) in [5.74, 6) is 0.389.